The highest BCUT2D eigenvalue weighted by Gasteiger charge is 2.30. The van der Waals surface area contributed by atoms with Gasteiger partial charge in [0.05, 0.1) is 5.56 Å². The van der Waals surface area contributed by atoms with Crippen LogP contribution < -0.4 is 10.6 Å². The van der Waals surface area contributed by atoms with Gasteiger partial charge in [-0.15, -0.1) is 0 Å². The van der Waals surface area contributed by atoms with Gasteiger partial charge in [-0.2, -0.15) is 18.4 Å². The normalized spacial score (nSPS) is 15.5. The van der Waals surface area contributed by atoms with Crippen molar-refractivity contribution in [2.45, 2.75) is 12.7 Å². The van der Waals surface area contributed by atoms with Crippen LogP contribution in [0.15, 0.2) is 54.0 Å². The largest absolute Gasteiger partial charge is 0.416 e. The number of hydrogen-bond donors (Lipinski definition) is 2. The number of rotatable bonds is 4. The third-order valence-corrected chi connectivity index (χ3v) is 4.42. The van der Waals surface area contributed by atoms with Gasteiger partial charge in [0.2, 0.25) is 0 Å². The number of benzene rings is 1. The maximum absolute atomic E-state index is 12.6. The smallest absolute Gasteiger partial charge is 0.369 e. The first kappa shape index (κ1) is 20.5. The van der Waals surface area contributed by atoms with Crippen molar-refractivity contribution < 1.29 is 18.0 Å². The zero-order valence-electron chi connectivity index (χ0n) is 14.9. The fourth-order valence-electron chi connectivity index (χ4n) is 2.81. The minimum Gasteiger partial charge on any atom is -0.369 e. The van der Waals surface area contributed by atoms with Gasteiger partial charge in [0, 0.05) is 31.5 Å². The molecule has 0 radical (unpaired) electrons. The second kappa shape index (κ2) is 8.41. The van der Waals surface area contributed by atoms with Gasteiger partial charge in [0.1, 0.15) is 17.0 Å². The van der Waals surface area contributed by atoms with Crippen molar-refractivity contribution in [1.82, 2.24) is 15.2 Å². The standard InChI is InChI=1S/C19H15ClF3N5O/c20-16-6-1-12(10-26-16)11-28-8-7-25-17(28)15(9-24)18(29)27-14-4-2-13(3-5-14)19(21,22)23/h1-6,10,25H,7-8,11H2,(H,27,29)/b17-15+. The zero-order chi connectivity index (χ0) is 21.0. The molecule has 0 bridgehead atoms. The van der Waals surface area contributed by atoms with Gasteiger partial charge >= 0.3 is 6.18 Å². The van der Waals surface area contributed by atoms with E-state index in [-0.39, 0.29) is 11.3 Å². The molecular formula is C19H15ClF3N5O. The predicted octanol–water partition coefficient (Wildman–Crippen LogP) is 3.53. The first-order valence-corrected chi connectivity index (χ1v) is 8.88. The van der Waals surface area contributed by atoms with Crippen molar-refractivity contribution in [1.29, 1.82) is 5.26 Å². The van der Waals surface area contributed by atoms with Gasteiger partial charge < -0.3 is 15.5 Å². The monoisotopic (exact) mass is 421 g/mol. The SMILES string of the molecule is N#C/C(C(=O)Nc1ccc(C(F)(F)F)cc1)=C1/NCCN1Cc1ccc(Cl)nc1. The lowest BCUT2D eigenvalue weighted by molar-refractivity contribution is -0.137. The van der Waals surface area contributed by atoms with Crippen LogP contribution >= 0.6 is 11.6 Å². The Morgan fingerprint density at radius 2 is 2.00 bits per heavy atom. The highest BCUT2D eigenvalue weighted by atomic mass is 35.5. The third-order valence-electron chi connectivity index (χ3n) is 4.20. The number of pyridine rings is 1. The van der Waals surface area contributed by atoms with E-state index in [9.17, 15) is 23.2 Å². The number of nitrogens with one attached hydrogen (secondary N) is 2. The highest BCUT2D eigenvalue weighted by molar-refractivity contribution is 6.29. The second-order valence-electron chi connectivity index (χ2n) is 6.20. The third kappa shape index (κ3) is 4.97. The molecule has 1 fully saturated rings. The Balaban J connectivity index is 1.77. The fraction of sp³-hybridized carbons (Fsp3) is 0.211. The summed E-state index contributed by atoms with van der Waals surface area (Å²) >= 11 is 5.78. The maximum Gasteiger partial charge on any atom is 0.416 e. The maximum atomic E-state index is 12.6. The second-order valence-corrected chi connectivity index (χ2v) is 6.59. The Hall–Kier alpha value is -3.25. The molecule has 1 aromatic carbocycles. The number of carbonyl (C=O) groups is 1. The molecule has 29 heavy (non-hydrogen) atoms. The Kier molecular flexibility index (Phi) is 5.94. The quantitative estimate of drug-likeness (QED) is 0.448. The van der Waals surface area contributed by atoms with Gasteiger partial charge in [-0.25, -0.2) is 4.98 Å². The highest BCUT2D eigenvalue weighted by Crippen LogP contribution is 2.30. The van der Waals surface area contributed by atoms with Crippen LogP contribution in [-0.4, -0.2) is 28.9 Å². The summed E-state index contributed by atoms with van der Waals surface area (Å²) in [5.74, 6) is -0.359. The van der Waals surface area contributed by atoms with Crippen LogP contribution in [0.5, 0.6) is 0 Å². The van der Waals surface area contributed by atoms with Gasteiger partial charge in [-0.1, -0.05) is 17.7 Å². The Bertz CT molecular complexity index is 965. The fourth-order valence-corrected chi connectivity index (χ4v) is 2.92. The minimum absolute atomic E-state index is 0.155. The summed E-state index contributed by atoms with van der Waals surface area (Å²) in [6.07, 6.45) is -2.86. The lowest BCUT2D eigenvalue weighted by Crippen LogP contribution is -2.26. The summed E-state index contributed by atoms with van der Waals surface area (Å²) in [6.45, 7) is 1.51. The van der Waals surface area contributed by atoms with Crippen molar-refractivity contribution in [2.24, 2.45) is 0 Å². The summed E-state index contributed by atoms with van der Waals surface area (Å²) in [4.78, 5) is 18.4. The molecule has 0 aliphatic carbocycles. The van der Waals surface area contributed by atoms with Crippen molar-refractivity contribution in [2.75, 3.05) is 18.4 Å². The number of nitriles is 1. The van der Waals surface area contributed by atoms with Crippen LogP contribution in [0.25, 0.3) is 0 Å². The molecule has 1 aromatic heterocycles. The average Bonchev–Trinajstić information content (AvgIpc) is 3.12. The topological polar surface area (TPSA) is 81.0 Å². The van der Waals surface area contributed by atoms with E-state index >= 15 is 0 Å². The summed E-state index contributed by atoms with van der Waals surface area (Å²) in [7, 11) is 0. The lowest BCUT2D eigenvalue weighted by atomic mass is 10.2. The van der Waals surface area contributed by atoms with Crippen LogP contribution in [0.1, 0.15) is 11.1 Å². The number of anilines is 1. The zero-order valence-corrected chi connectivity index (χ0v) is 15.7. The molecule has 0 spiro atoms. The molecule has 2 heterocycles. The molecule has 0 saturated carbocycles. The molecule has 1 amide bonds. The van der Waals surface area contributed by atoms with E-state index in [1.54, 1.807) is 18.3 Å². The first-order valence-electron chi connectivity index (χ1n) is 8.50. The summed E-state index contributed by atoms with van der Waals surface area (Å²) < 4.78 is 37.9. The van der Waals surface area contributed by atoms with E-state index in [1.165, 1.54) is 0 Å². The summed E-state index contributed by atoms with van der Waals surface area (Å²) in [5.41, 5.74) is 0.0118. The van der Waals surface area contributed by atoms with Crippen LogP contribution in [0.4, 0.5) is 18.9 Å². The van der Waals surface area contributed by atoms with E-state index in [2.05, 4.69) is 15.6 Å². The molecule has 0 unspecified atom stereocenters. The number of aromatic nitrogens is 1. The predicted molar refractivity (Wildman–Crippen MR) is 100 cm³/mol. The molecular weight excluding hydrogens is 407 g/mol. The molecule has 1 aliphatic heterocycles. The summed E-state index contributed by atoms with van der Waals surface area (Å²) in [5, 5.41) is 15.3. The van der Waals surface area contributed by atoms with E-state index in [4.69, 9.17) is 11.6 Å². The van der Waals surface area contributed by atoms with Crippen LogP contribution in [0.2, 0.25) is 5.15 Å². The molecule has 3 rings (SSSR count). The Morgan fingerprint density at radius 1 is 1.28 bits per heavy atom. The number of nitrogens with zero attached hydrogens (tertiary/aromatic N) is 3. The van der Waals surface area contributed by atoms with Gasteiger partial charge in [-0.3, -0.25) is 4.79 Å². The first-order chi connectivity index (χ1) is 13.8. The molecule has 0 atom stereocenters. The van der Waals surface area contributed by atoms with Gasteiger partial charge in [0.25, 0.3) is 5.91 Å². The molecule has 6 nitrogen and oxygen atoms in total. The van der Waals surface area contributed by atoms with Crippen molar-refractivity contribution in [3.8, 4) is 6.07 Å². The average molecular weight is 422 g/mol. The molecule has 2 aromatic rings. The summed E-state index contributed by atoms with van der Waals surface area (Å²) in [6, 6.07) is 9.31. The van der Waals surface area contributed by atoms with Crippen molar-refractivity contribution in [3.05, 3.63) is 70.3 Å². The number of alkyl halides is 3. The van der Waals surface area contributed by atoms with Crippen LogP contribution in [-0.2, 0) is 17.5 Å². The van der Waals surface area contributed by atoms with Gasteiger partial charge in [0.15, 0.2) is 5.57 Å². The molecule has 1 aliphatic rings. The van der Waals surface area contributed by atoms with Crippen LogP contribution in [0, 0.1) is 11.3 Å². The number of amides is 1. The molecule has 1 saturated heterocycles. The molecule has 150 valence electrons. The number of carbonyl (C=O) groups excluding carboxylic acids is 1. The Labute approximate surface area is 169 Å². The lowest BCUT2D eigenvalue weighted by Gasteiger charge is -2.20. The number of hydrogen-bond acceptors (Lipinski definition) is 5. The van der Waals surface area contributed by atoms with E-state index < -0.39 is 17.6 Å². The number of halogens is 4. The molecule has 2 N–H and O–H groups in total. The minimum atomic E-state index is -4.47. The van der Waals surface area contributed by atoms with Gasteiger partial charge in [-0.05, 0) is 35.9 Å². The Morgan fingerprint density at radius 3 is 2.59 bits per heavy atom. The van der Waals surface area contributed by atoms with E-state index in [0.29, 0.717) is 30.6 Å². The molecule has 10 heteroatoms. The van der Waals surface area contributed by atoms with E-state index in [0.717, 1.165) is 29.8 Å². The van der Waals surface area contributed by atoms with E-state index in [1.807, 2.05) is 11.0 Å². The van der Waals surface area contributed by atoms with Crippen molar-refractivity contribution >= 4 is 23.2 Å². The van der Waals surface area contributed by atoms with Crippen LogP contribution in [0.3, 0.4) is 0 Å². The van der Waals surface area contributed by atoms with Crippen molar-refractivity contribution in [3.63, 3.8) is 0 Å².